The number of likely N-dealkylation sites (N-methyl/N-ethyl adjacent to an activating group) is 1. The monoisotopic (exact) mass is 228 g/mol. The van der Waals surface area contributed by atoms with E-state index in [-0.39, 0.29) is 11.6 Å². The molecule has 4 heteroatoms. The molecule has 0 amide bonds. The lowest BCUT2D eigenvalue weighted by atomic mass is 9.88. The van der Waals surface area contributed by atoms with Crippen LogP contribution in [0.15, 0.2) is 0 Å². The normalized spacial score (nSPS) is 44.4. The Bertz CT molecular complexity index is 249. The van der Waals surface area contributed by atoms with Gasteiger partial charge in [-0.1, -0.05) is 0 Å². The molecule has 0 aromatic heterocycles. The smallest absolute Gasteiger partial charge is 0.0743 e. The molecule has 2 aliphatic heterocycles. The molecule has 94 valence electrons. The summed E-state index contributed by atoms with van der Waals surface area (Å²) >= 11 is 0. The summed E-state index contributed by atoms with van der Waals surface area (Å²) in [5.74, 6) is 0. The fourth-order valence-electron chi connectivity index (χ4n) is 3.21. The molecule has 0 radical (unpaired) electrons. The van der Waals surface area contributed by atoms with Gasteiger partial charge in [-0.05, 0) is 33.7 Å². The Morgan fingerprint density at radius 3 is 2.50 bits per heavy atom. The number of nitrogens with two attached hydrogens (primary N) is 1. The maximum absolute atomic E-state index is 6.01. The van der Waals surface area contributed by atoms with Gasteiger partial charge < -0.3 is 15.2 Å². The van der Waals surface area contributed by atoms with Crippen molar-refractivity contribution in [3.05, 3.63) is 0 Å². The van der Waals surface area contributed by atoms with Crippen molar-refractivity contribution in [2.45, 2.75) is 50.5 Å². The zero-order valence-corrected chi connectivity index (χ0v) is 10.6. The van der Waals surface area contributed by atoms with Crippen LogP contribution in [0.4, 0.5) is 0 Å². The second-order valence-electron chi connectivity index (χ2n) is 5.11. The SMILES string of the molecule is CC1OCCC1N(C)C1(CN)CCOC1C. The van der Waals surface area contributed by atoms with E-state index >= 15 is 0 Å². The predicted molar refractivity (Wildman–Crippen MR) is 63.4 cm³/mol. The quantitative estimate of drug-likeness (QED) is 0.768. The molecule has 4 atom stereocenters. The number of hydrogen-bond acceptors (Lipinski definition) is 4. The fraction of sp³-hybridized carbons (Fsp3) is 1.00. The molecule has 2 heterocycles. The molecule has 0 spiro atoms. The van der Waals surface area contributed by atoms with Crippen LogP contribution in [0.2, 0.25) is 0 Å². The Kier molecular flexibility index (Phi) is 3.54. The van der Waals surface area contributed by atoms with Gasteiger partial charge in [0.1, 0.15) is 0 Å². The second-order valence-corrected chi connectivity index (χ2v) is 5.11. The van der Waals surface area contributed by atoms with Crippen LogP contribution in [-0.4, -0.2) is 55.5 Å². The summed E-state index contributed by atoms with van der Waals surface area (Å²) in [7, 11) is 2.17. The van der Waals surface area contributed by atoms with Crippen molar-refractivity contribution in [3.63, 3.8) is 0 Å². The van der Waals surface area contributed by atoms with Gasteiger partial charge in [0.05, 0.1) is 17.7 Å². The molecular weight excluding hydrogens is 204 g/mol. The molecule has 0 aromatic rings. The van der Waals surface area contributed by atoms with Crippen molar-refractivity contribution in [2.24, 2.45) is 5.73 Å². The molecule has 4 nitrogen and oxygen atoms in total. The minimum atomic E-state index is 0.00657. The summed E-state index contributed by atoms with van der Waals surface area (Å²) in [5, 5.41) is 0. The molecule has 2 fully saturated rings. The largest absolute Gasteiger partial charge is 0.377 e. The molecule has 2 rings (SSSR count). The van der Waals surface area contributed by atoms with Crippen molar-refractivity contribution < 1.29 is 9.47 Å². The Morgan fingerprint density at radius 2 is 2.06 bits per heavy atom. The van der Waals surface area contributed by atoms with E-state index in [4.69, 9.17) is 15.2 Å². The summed E-state index contributed by atoms with van der Waals surface area (Å²) < 4.78 is 11.4. The standard InChI is InChI=1S/C12H24N2O2/c1-9-11(4-6-15-9)14(3)12(8-13)5-7-16-10(12)2/h9-11H,4-8,13H2,1-3H3. The first-order chi connectivity index (χ1) is 7.62. The molecular formula is C12H24N2O2. The highest BCUT2D eigenvalue weighted by Gasteiger charge is 2.47. The highest BCUT2D eigenvalue weighted by Crippen LogP contribution is 2.34. The van der Waals surface area contributed by atoms with Crippen molar-refractivity contribution in [3.8, 4) is 0 Å². The third-order valence-electron chi connectivity index (χ3n) is 4.55. The third kappa shape index (κ3) is 1.78. The number of rotatable bonds is 3. The van der Waals surface area contributed by atoms with Crippen LogP contribution in [0.25, 0.3) is 0 Å². The van der Waals surface area contributed by atoms with E-state index in [1.807, 2.05) is 0 Å². The van der Waals surface area contributed by atoms with E-state index in [0.29, 0.717) is 18.7 Å². The van der Waals surface area contributed by atoms with E-state index < -0.39 is 0 Å². The summed E-state index contributed by atoms with van der Waals surface area (Å²) in [6.45, 7) is 6.64. The van der Waals surface area contributed by atoms with E-state index in [1.54, 1.807) is 0 Å². The van der Waals surface area contributed by atoms with Gasteiger partial charge in [-0.3, -0.25) is 4.90 Å². The number of ether oxygens (including phenoxy) is 2. The zero-order chi connectivity index (χ0) is 11.8. The van der Waals surface area contributed by atoms with E-state index in [2.05, 4.69) is 25.8 Å². The minimum absolute atomic E-state index is 0.00657. The summed E-state index contributed by atoms with van der Waals surface area (Å²) in [5.41, 5.74) is 6.02. The Morgan fingerprint density at radius 1 is 1.31 bits per heavy atom. The van der Waals surface area contributed by atoms with Gasteiger partial charge in [0.2, 0.25) is 0 Å². The molecule has 0 bridgehead atoms. The van der Waals surface area contributed by atoms with Gasteiger partial charge in [0.25, 0.3) is 0 Å². The lowest BCUT2D eigenvalue weighted by Crippen LogP contribution is -2.61. The van der Waals surface area contributed by atoms with Crippen LogP contribution in [0.5, 0.6) is 0 Å². The van der Waals surface area contributed by atoms with Crippen molar-refractivity contribution in [2.75, 3.05) is 26.8 Å². The van der Waals surface area contributed by atoms with Crippen LogP contribution in [-0.2, 0) is 9.47 Å². The second kappa shape index (κ2) is 4.61. The summed E-state index contributed by atoms with van der Waals surface area (Å²) in [6, 6.07) is 0.479. The molecule has 0 aromatic carbocycles. The predicted octanol–water partition coefficient (Wildman–Crippen LogP) is 0.602. The number of hydrogen-bond donors (Lipinski definition) is 1. The van der Waals surface area contributed by atoms with Crippen LogP contribution in [0, 0.1) is 0 Å². The van der Waals surface area contributed by atoms with Crippen LogP contribution in [0.3, 0.4) is 0 Å². The average molecular weight is 228 g/mol. The molecule has 2 aliphatic rings. The molecule has 2 N–H and O–H groups in total. The maximum atomic E-state index is 6.01. The highest BCUT2D eigenvalue weighted by atomic mass is 16.5. The van der Waals surface area contributed by atoms with E-state index in [1.165, 1.54) is 0 Å². The van der Waals surface area contributed by atoms with Crippen molar-refractivity contribution in [1.29, 1.82) is 0 Å². The Hall–Kier alpha value is -0.160. The molecule has 4 unspecified atom stereocenters. The first kappa shape index (κ1) is 12.3. The summed E-state index contributed by atoms with van der Waals surface area (Å²) in [6.07, 6.45) is 2.66. The van der Waals surface area contributed by atoms with Gasteiger partial charge in [-0.25, -0.2) is 0 Å². The first-order valence-electron chi connectivity index (χ1n) is 6.28. The van der Waals surface area contributed by atoms with Crippen LogP contribution in [0.1, 0.15) is 26.7 Å². The third-order valence-corrected chi connectivity index (χ3v) is 4.55. The maximum Gasteiger partial charge on any atom is 0.0743 e. The number of nitrogens with zero attached hydrogens (tertiary/aromatic N) is 1. The average Bonchev–Trinajstić information content (AvgIpc) is 2.84. The van der Waals surface area contributed by atoms with E-state index in [9.17, 15) is 0 Å². The first-order valence-corrected chi connectivity index (χ1v) is 6.28. The molecule has 16 heavy (non-hydrogen) atoms. The van der Waals surface area contributed by atoms with Gasteiger partial charge >= 0.3 is 0 Å². The van der Waals surface area contributed by atoms with Crippen LogP contribution >= 0.6 is 0 Å². The van der Waals surface area contributed by atoms with Gasteiger partial charge in [-0.2, -0.15) is 0 Å². The molecule has 0 saturated carbocycles. The van der Waals surface area contributed by atoms with Gasteiger partial charge in [-0.15, -0.1) is 0 Å². The zero-order valence-electron chi connectivity index (χ0n) is 10.6. The van der Waals surface area contributed by atoms with Crippen molar-refractivity contribution >= 4 is 0 Å². The van der Waals surface area contributed by atoms with E-state index in [0.717, 1.165) is 26.1 Å². The van der Waals surface area contributed by atoms with Crippen LogP contribution < -0.4 is 5.73 Å². The molecule has 0 aliphatic carbocycles. The fourth-order valence-corrected chi connectivity index (χ4v) is 3.21. The topological polar surface area (TPSA) is 47.7 Å². The molecule has 2 saturated heterocycles. The Labute approximate surface area is 98.1 Å². The lowest BCUT2D eigenvalue weighted by molar-refractivity contribution is -0.0128. The highest BCUT2D eigenvalue weighted by molar-refractivity contribution is 5.02. The van der Waals surface area contributed by atoms with Crippen molar-refractivity contribution in [1.82, 2.24) is 4.90 Å². The lowest BCUT2D eigenvalue weighted by Gasteiger charge is -2.44. The summed E-state index contributed by atoms with van der Waals surface area (Å²) in [4.78, 5) is 2.42. The van der Waals surface area contributed by atoms with Gasteiger partial charge in [0, 0.05) is 25.8 Å². The van der Waals surface area contributed by atoms with Gasteiger partial charge in [0.15, 0.2) is 0 Å². The minimum Gasteiger partial charge on any atom is -0.377 e. The Balaban J connectivity index is 2.14.